The second-order valence-corrected chi connectivity index (χ2v) is 15.9. The van der Waals surface area contributed by atoms with Crippen LogP contribution in [-0.4, -0.2) is 36.1 Å². The van der Waals surface area contributed by atoms with E-state index in [0.717, 1.165) is 8.79 Å². The van der Waals surface area contributed by atoms with E-state index in [1.54, 1.807) is 48.5 Å². The van der Waals surface area contributed by atoms with Gasteiger partial charge in [0.1, 0.15) is 0 Å². The summed E-state index contributed by atoms with van der Waals surface area (Å²) in [6.45, 7) is 0. The first kappa shape index (κ1) is 22.6. The van der Waals surface area contributed by atoms with E-state index in [2.05, 4.69) is 0 Å². The zero-order valence-corrected chi connectivity index (χ0v) is 20.2. The molecule has 0 saturated carbocycles. The Morgan fingerprint density at radius 1 is 0.485 bits per heavy atom. The van der Waals surface area contributed by atoms with Crippen molar-refractivity contribution in [2.75, 3.05) is 10.9 Å². The summed E-state index contributed by atoms with van der Waals surface area (Å²) in [6, 6.07) is 37.8. The molecule has 0 unspecified atom stereocenters. The van der Waals surface area contributed by atoms with Crippen LogP contribution in [0.3, 0.4) is 0 Å². The molecule has 0 amide bonds. The average molecular weight is 497 g/mol. The van der Waals surface area contributed by atoms with Gasteiger partial charge in [0.25, 0.3) is 0 Å². The molecule has 0 bridgehead atoms. The van der Waals surface area contributed by atoms with Crippen LogP contribution in [0.2, 0.25) is 0 Å². The maximum atomic E-state index is 12.8. The molecule has 4 rings (SSSR count). The molecule has 4 nitrogen and oxygen atoms in total. The van der Waals surface area contributed by atoms with E-state index in [9.17, 15) is 9.59 Å². The maximum absolute atomic E-state index is 12.8. The molecule has 0 aliphatic carbocycles. The van der Waals surface area contributed by atoms with Crippen LogP contribution in [0.15, 0.2) is 121 Å². The summed E-state index contributed by atoms with van der Waals surface area (Å²) >= 11 is -3.51. The average Bonchev–Trinajstić information content (AvgIpc) is 2.90. The minimum absolute atomic E-state index is 0.198. The summed E-state index contributed by atoms with van der Waals surface area (Å²) in [4.78, 5) is 25.6. The fraction of sp³-hybridized carbons (Fsp3) is 0.0714. The van der Waals surface area contributed by atoms with Gasteiger partial charge in [0.15, 0.2) is 0 Å². The van der Waals surface area contributed by atoms with Crippen molar-refractivity contribution in [1.29, 1.82) is 0 Å². The third-order valence-electron chi connectivity index (χ3n) is 5.57. The fourth-order valence-corrected chi connectivity index (χ4v) is 11.1. The predicted molar refractivity (Wildman–Crippen MR) is 131 cm³/mol. The normalized spacial score (nSPS) is 10.9. The number of esters is 2. The number of ether oxygens (including phenoxy) is 2. The van der Waals surface area contributed by atoms with Gasteiger partial charge in [-0.15, -0.1) is 0 Å². The van der Waals surface area contributed by atoms with Crippen LogP contribution < -0.4 is 8.79 Å². The van der Waals surface area contributed by atoms with Gasteiger partial charge in [-0.3, -0.25) is 0 Å². The van der Waals surface area contributed by atoms with Gasteiger partial charge in [-0.1, -0.05) is 0 Å². The van der Waals surface area contributed by atoms with Crippen molar-refractivity contribution in [3.8, 4) is 0 Å². The third kappa shape index (κ3) is 5.41. The molecule has 0 saturated heterocycles. The Kier molecular flexibility index (Phi) is 7.37. The molecule has 0 heterocycles. The van der Waals surface area contributed by atoms with E-state index in [0.29, 0.717) is 11.1 Å². The van der Waals surface area contributed by atoms with E-state index < -0.39 is 13.3 Å². The summed E-state index contributed by atoms with van der Waals surface area (Å²) < 4.78 is 13.9. The van der Waals surface area contributed by atoms with Crippen LogP contribution in [0, 0.1) is 0 Å². The van der Waals surface area contributed by atoms with Crippen LogP contribution >= 0.6 is 0 Å². The van der Waals surface area contributed by atoms with Gasteiger partial charge < -0.3 is 0 Å². The van der Waals surface area contributed by atoms with Gasteiger partial charge in [0, 0.05) is 0 Å². The van der Waals surface area contributed by atoms with Gasteiger partial charge in [-0.05, 0) is 0 Å². The number of carbonyl (C=O) groups is 2. The van der Waals surface area contributed by atoms with Crippen molar-refractivity contribution >= 4 is 34.0 Å². The second kappa shape index (κ2) is 10.8. The van der Waals surface area contributed by atoms with Crippen molar-refractivity contribution in [3.05, 3.63) is 132 Å². The molecule has 4 aromatic carbocycles. The molecular weight excluding hydrogens is 473 g/mol. The molecule has 33 heavy (non-hydrogen) atoms. The zero-order chi connectivity index (χ0) is 22.9. The van der Waals surface area contributed by atoms with Crippen molar-refractivity contribution in [3.63, 3.8) is 0 Å². The second-order valence-electron chi connectivity index (χ2n) is 7.70. The monoisotopic (exact) mass is 498 g/mol. The van der Waals surface area contributed by atoms with Gasteiger partial charge in [-0.2, -0.15) is 0 Å². The van der Waals surface area contributed by atoms with Crippen molar-refractivity contribution < 1.29 is 19.1 Å². The molecule has 0 aliphatic rings. The molecule has 0 spiro atoms. The Morgan fingerprint density at radius 3 is 1.12 bits per heavy atom. The van der Waals surface area contributed by atoms with E-state index in [4.69, 9.17) is 9.47 Å². The Bertz CT molecular complexity index is 1080. The first-order valence-corrected chi connectivity index (χ1v) is 15.8. The van der Waals surface area contributed by atoms with Crippen molar-refractivity contribution in [2.45, 2.75) is 0 Å². The molecule has 0 aromatic heterocycles. The molecule has 164 valence electrons. The molecule has 0 aliphatic heterocycles. The number of hydrogen-bond donors (Lipinski definition) is 0. The first-order chi connectivity index (χ1) is 16.2. The van der Waals surface area contributed by atoms with Gasteiger partial charge in [0.2, 0.25) is 0 Å². The standard InChI is InChI=1S/C28H24GeO4/c30-27(23-13-5-1-6-14-23)32-21-29(25-17-9-3-10-18-25,26-19-11-4-12-20-26)22-33-28(31)24-15-7-2-8-16-24/h1-20H,21-22H2. The van der Waals surface area contributed by atoms with Gasteiger partial charge in [-0.25, -0.2) is 0 Å². The SMILES string of the molecule is O=C(O[CH2][Ge]([CH2]OC(=O)c1ccccc1)([c]1ccccc1)[c]1ccccc1)c1ccccc1. The zero-order valence-electron chi connectivity index (χ0n) is 18.1. The number of rotatable bonds is 8. The number of benzene rings is 4. The summed E-state index contributed by atoms with van der Waals surface area (Å²) in [7, 11) is 0. The molecule has 0 fully saturated rings. The van der Waals surface area contributed by atoms with Crippen LogP contribution in [0.4, 0.5) is 0 Å². The van der Waals surface area contributed by atoms with Gasteiger partial charge in [0.05, 0.1) is 0 Å². The number of carbonyl (C=O) groups excluding carboxylic acids is 2. The Morgan fingerprint density at radius 2 is 0.788 bits per heavy atom. The molecular formula is C28H24GeO4. The first-order valence-electron chi connectivity index (χ1n) is 10.7. The van der Waals surface area contributed by atoms with Crippen molar-refractivity contribution in [1.82, 2.24) is 0 Å². The van der Waals surface area contributed by atoms with E-state index >= 15 is 0 Å². The fourth-order valence-electron chi connectivity index (χ4n) is 3.75. The van der Waals surface area contributed by atoms with Crippen LogP contribution in [0.5, 0.6) is 0 Å². The summed E-state index contributed by atoms with van der Waals surface area (Å²) in [5, 5.41) is 0. The summed E-state index contributed by atoms with van der Waals surface area (Å²) in [6.07, 6.45) is 0. The Labute approximate surface area is 196 Å². The Hall–Kier alpha value is -3.64. The predicted octanol–water partition coefficient (Wildman–Crippen LogP) is 4.04. The molecule has 0 radical (unpaired) electrons. The Balaban J connectivity index is 1.69. The molecule has 5 heteroatoms. The van der Waals surface area contributed by atoms with Crippen LogP contribution in [-0.2, 0) is 9.47 Å². The van der Waals surface area contributed by atoms with Crippen molar-refractivity contribution in [2.24, 2.45) is 0 Å². The summed E-state index contributed by atoms with van der Waals surface area (Å²) in [5.41, 5.74) is 1.39. The molecule has 0 atom stereocenters. The number of hydrogen-bond acceptors (Lipinski definition) is 4. The van der Waals surface area contributed by atoms with E-state index in [-0.39, 0.29) is 22.8 Å². The quantitative estimate of drug-likeness (QED) is 0.273. The molecule has 0 N–H and O–H groups in total. The van der Waals surface area contributed by atoms with Crippen LogP contribution in [0.25, 0.3) is 0 Å². The van der Waals surface area contributed by atoms with E-state index in [1.165, 1.54) is 0 Å². The van der Waals surface area contributed by atoms with E-state index in [1.807, 2.05) is 72.8 Å². The topological polar surface area (TPSA) is 52.6 Å². The minimum atomic E-state index is -3.51. The summed E-state index contributed by atoms with van der Waals surface area (Å²) in [5.74, 6) is -0.765. The van der Waals surface area contributed by atoms with Gasteiger partial charge >= 0.3 is 196 Å². The van der Waals surface area contributed by atoms with Crippen LogP contribution in [0.1, 0.15) is 20.7 Å². The molecule has 4 aromatic rings. The third-order valence-corrected chi connectivity index (χ3v) is 14.3.